The van der Waals surface area contributed by atoms with Crippen LogP contribution in [-0.2, 0) is 0 Å². The number of oxazole rings is 2. The maximum absolute atomic E-state index is 9.86. The van der Waals surface area contributed by atoms with Crippen LogP contribution in [0.5, 0.6) is 23.0 Å². The molecule has 0 aliphatic heterocycles. The van der Waals surface area contributed by atoms with Gasteiger partial charge in [0.25, 0.3) is 0 Å². The number of ether oxygens (including phenoxy) is 2. The van der Waals surface area contributed by atoms with Crippen molar-refractivity contribution >= 4 is 22.2 Å². The number of aromatic hydroxyl groups is 2. The monoisotopic (exact) mass is 480 g/mol. The molecule has 2 N–H and O–H groups in total. The topological polar surface area (TPSA) is 111 Å². The molecule has 8 heteroatoms. The van der Waals surface area contributed by atoms with Gasteiger partial charge in [-0.15, -0.1) is 0 Å². The maximum Gasteiger partial charge on any atom is 0.227 e. The number of aromatic nitrogens is 2. The minimum absolute atomic E-state index is 0.0515. The highest BCUT2D eigenvalue weighted by molar-refractivity contribution is 5.86. The summed E-state index contributed by atoms with van der Waals surface area (Å²) >= 11 is 0. The number of rotatable bonds is 5. The summed E-state index contributed by atoms with van der Waals surface area (Å²) in [5.41, 5.74) is 5.98. The summed E-state index contributed by atoms with van der Waals surface area (Å²) in [4.78, 5) is 9.27. The second kappa shape index (κ2) is 8.35. The van der Waals surface area contributed by atoms with Crippen LogP contribution in [0.3, 0.4) is 0 Å². The summed E-state index contributed by atoms with van der Waals surface area (Å²) in [6, 6.07) is 21.5. The fraction of sp³-hybridized carbons (Fsp3) is 0.0714. The lowest BCUT2D eigenvalue weighted by Crippen LogP contribution is -1.85. The van der Waals surface area contributed by atoms with Crippen molar-refractivity contribution in [2.45, 2.75) is 0 Å². The molecule has 0 aliphatic carbocycles. The highest BCUT2D eigenvalue weighted by Gasteiger charge is 2.14. The van der Waals surface area contributed by atoms with E-state index in [1.54, 1.807) is 36.4 Å². The molecule has 178 valence electrons. The molecule has 0 radical (unpaired) electrons. The highest BCUT2D eigenvalue weighted by atomic mass is 16.5. The Morgan fingerprint density at radius 2 is 0.972 bits per heavy atom. The van der Waals surface area contributed by atoms with Gasteiger partial charge in [0.1, 0.15) is 11.0 Å². The van der Waals surface area contributed by atoms with Gasteiger partial charge >= 0.3 is 0 Å². The van der Waals surface area contributed by atoms with Gasteiger partial charge in [0, 0.05) is 11.1 Å². The number of nitrogens with zero attached hydrogens (tertiary/aromatic N) is 2. The summed E-state index contributed by atoms with van der Waals surface area (Å²) in [6.07, 6.45) is 0. The molecule has 0 unspecified atom stereocenters. The van der Waals surface area contributed by atoms with E-state index in [0.29, 0.717) is 56.6 Å². The predicted octanol–water partition coefficient (Wildman–Crippen LogP) is 6.40. The Bertz CT molecular complexity index is 1620. The van der Waals surface area contributed by atoms with Crippen LogP contribution < -0.4 is 9.47 Å². The number of hydrogen-bond acceptors (Lipinski definition) is 8. The third-order valence-corrected chi connectivity index (χ3v) is 5.96. The van der Waals surface area contributed by atoms with E-state index in [4.69, 9.17) is 18.3 Å². The lowest BCUT2D eigenvalue weighted by molar-refractivity contribution is 0.373. The summed E-state index contributed by atoms with van der Waals surface area (Å²) in [6.45, 7) is 0. The zero-order valence-corrected chi connectivity index (χ0v) is 19.4. The number of phenolic OH excluding ortho intramolecular Hbond substituents is 2. The summed E-state index contributed by atoms with van der Waals surface area (Å²) < 4.78 is 22.2. The number of fused-ring (bicyclic) bond motifs is 2. The van der Waals surface area contributed by atoms with Gasteiger partial charge in [-0.2, -0.15) is 0 Å². The number of benzene rings is 4. The first-order valence-corrected chi connectivity index (χ1v) is 11.1. The number of hydrogen-bond donors (Lipinski definition) is 2. The second-order valence-corrected chi connectivity index (χ2v) is 8.18. The molecule has 2 aromatic heterocycles. The molecule has 0 spiro atoms. The lowest BCUT2D eigenvalue weighted by atomic mass is 10.0. The van der Waals surface area contributed by atoms with E-state index in [2.05, 4.69) is 9.97 Å². The Labute approximate surface area is 205 Å². The molecule has 8 nitrogen and oxygen atoms in total. The zero-order valence-electron chi connectivity index (χ0n) is 19.4. The van der Waals surface area contributed by atoms with Crippen LogP contribution in [0.1, 0.15) is 0 Å². The number of methoxy groups -OCH3 is 2. The van der Waals surface area contributed by atoms with Crippen LogP contribution >= 0.6 is 0 Å². The van der Waals surface area contributed by atoms with E-state index < -0.39 is 0 Å². The zero-order chi connectivity index (χ0) is 24.8. The average molecular weight is 480 g/mol. The summed E-state index contributed by atoms with van der Waals surface area (Å²) in [5.74, 6) is 1.66. The normalized spacial score (nSPS) is 11.3. The first-order chi connectivity index (χ1) is 17.5. The summed E-state index contributed by atoms with van der Waals surface area (Å²) in [7, 11) is 2.99. The third-order valence-electron chi connectivity index (χ3n) is 5.96. The predicted molar refractivity (Wildman–Crippen MR) is 134 cm³/mol. The fourth-order valence-electron chi connectivity index (χ4n) is 4.08. The third kappa shape index (κ3) is 3.65. The van der Waals surface area contributed by atoms with E-state index in [1.165, 1.54) is 14.2 Å². The van der Waals surface area contributed by atoms with E-state index in [0.717, 1.165) is 11.1 Å². The second-order valence-electron chi connectivity index (χ2n) is 8.18. The molecule has 4 aromatic carbocycles. The Kier molecular flexibility index (Phi) is 5.00. The van der Waals surface area contributed by atoms with Crippen molar-refractivity contribution in [2.75, 3.05) is 14.2 Å². The molecule has 0 aliphatic rings. The maximum atomic E-state index is 9.86. The van der Waals surface area contributed by atoms with Gasteiger partial charge in [0.15, 0.2) is 34.2 Å². The molecule has 0 bridgehead atoms. The number of phenols is 2. The van der Waals surface area contributed by atoms with Crippen molar-refractivity contribution in [3.63, 3.8) is 0 Å². The van der Waals surface area contributed by atoms with Crippen LogP contribution in [0.15, 0.2) is 81.6 Å². The van der Waals surface area contributed by atoms with Gasteiger partial charge in [0.05, 0.1) is 14.2 Å². The molecular formula is C28H20N2O6. The van der Waals surface area contributed by atoms with Gasteiger partial charge in [0.2, 0.25) is 11.8 Å². The molecule has 36 heavy (non-hydrogen) atoms. The van der Waals surface area contributed by atoms with E-state index >= 15 is 0 Å². The van der Waals surface area contributed by atoms with Crippen LogP contribution in [-0.4, -0.2) is 34.4 Å². The molecule has 0 saturated heterocycles. The molecule has 0 amide bonds. The van der Waals surface area contributed by atoms with Crippen molar-refractivity contribution in [1.29, 1.82) is 0 Å². The van der Waals surface area contributed by atoms with Crippen molar-refractivity contribution in [2.24, 2.45) is 0 Å². The lowest BCUT2D eigenvalue weighted by Gasteiger charge is -2.03. The van der Waals surface area contributed by atoms with Crippen molar-refractivity contribution in [3.8, 4) is 57.0 Å². The van der Waals surface area contributed by atoms with Crippen LogP contribution in [0.2, 0.25) is 0 Å². The van der Waals surface area contributed by atoms with E-state index in [1.807, 2.05) is 36.4 Å². The minimum atomic E-state index is 0.0515. The fourth-order valence-corrected chi connectivity index (χ4v) is 4.08. The Hall–Kier alpha value is -4.98. The molecule has 6 aromatic rings. The summed E-state index contributed by atoms with van der Waals surface area (Å²) in [5, 5.41) is 19.7. The smallest absolute Gasteiger partial charge is 0.227 e. The van der Waals surface area contributed by atoms with E-state index in [-0.39, 0.29) is 11.5 Å². The van der Waals surface area contributed by atoms with Gasteiger partial charge in [-0.1, -0.05) is 12.1 Å². The Balaban J connectivity index is 1.35. The molecule has 0 fully saturated rings. The first-order valence-electron chi connectivity index (χ1n) is 11.1. The molecule has 0 saturated carbocycles. The molecule has 0 atom stereocenters. The van der Waals surface area contributed by atoms with Crippen molar-refractivity contribution in [1.82, 2.24) is 9.97 Å². The average Bonchev–Trinajstić information content (AvgIpc) is 3.52. The molecule has 6 rings (SSSR count). The Morgan fingerprint density at radius 1 is 0.556 bits per heavy atom. The standard InChI is InChI=1S/C28H20N2O6/c1-33-25-13-17(3-7-21(25)31)27-29-19-11-15(5-9-23(19)35-27)16-6-10-24-20(12-16)30-28(36-24)18-4-8-22(32)26(14-18)34-2/h3-14,31-32H,1-2H3. The first kappa shape index (κ1) is 21.5. The van der Waals surface area contributed by atoms with Gasteiger partial charge < -0.3 is 28.5 Å². The van der Waals surface area contributed by atoms with Gasteiger partial charge in [-0.05, 0) is 71.8 Å². The van der Waals surface area contributed by atoms with E-state index in [9.17, 15) is 10.2 Å². The van der Waals surface area contributed by atoms with Crippen molar-refractivity contribution in [3.05, 3.63) is 72.8 Å². The largest absolute Gasteiger partial charge is 0.504 e. The minimum Gasteiger partial charge on any atom is -0.504 e. The van der Waals surface area contributed by atoms with Gasteiger partial charge in [-0.25, -0.2) is 9.97 Å². The van der Waals surface area contributed by atoms with Crippen molar-refractivity contribution < 1.29 is 28.5 Å². The van der Waals surface area contributed by atoms with Crippen LogP contribution in [0.4, 0.5) is 0 Å². The van der Waals surface area contributed by atoms with Crippen LogP contribution in [0.25, 0.3) is 56.2 Å². The highest BCUT2D eigenvalue weighted by Crippen LogP contribution is 2.35. The SMILES string of the molecule is COc1cc(-c2nc3cc(-c4ccc5oc(-c6ccc(O)c(OC)c6)nc5c4)ccc3o2)ccc1O. The van der Waals surface area contributed by atoms with Gasteiger partial charge in [-0.3, -0.25) is 0 Å². The van der Waals surface area contributed by atoms with Crippen LogP contribution in [0, 0.1) is 0 Å². The quantitative estimate of drug-likeness (QED) is 0.292. The molecule has 2 heterocycles. The molecular weight excluding hydrogens is 460 g/mol. The Morgan fingerprint density at radius 3 is 1.39 bits per heavy atom.